The van der Waals surface area contributed by atoms with Crippen LogP contribution < -0.4 is 0 Å². The minimum Gasteiger partial charge on any atom is -0.461 e. The predicted octanol–water partition coefficient (Wildman–Crippen LogP) is 3.24. The molecular weight excluding hydrogens is 289 g/mol. The fraction of sp³-hybridized carbons (Fsp3) is 0.385. The second-order valence-electron chi connectivity index (χ2n) is 4.13. The number of hydrogen-bond donors (Lipinski definition) is 0. The highest BCUT2D eigenvalue weighted by atomic mass is 35.5. The molecule has 6 heteroatoms. The summed E-state index contributed by atoms with van der Waals surface area (Å²) in [6.45, 7) is 2.07. The van der Waals surface area contributed by atoms with Crippen molar-refractivity contribution in [2.45, 2.75) is 25.9 Å². The Bertz CT molecular complexity index is 517. The second-order valence-corrected chi connectivity index (χ2v) is 4.97. The molecule has 0 spiro atoms. The van der Waals surface area contributed by atoms with Gasteiger partial charge in [0.2, 0.25) is 0 Å². The van der Waals surface area contributed by atoms with Crippen molar-refractivity contribution >= 4 is 34.9 Å². The topological polar surface area (TPSA) is 47.9 Å². The standard InChI is InChI=1S/C13H13Cl2NO3/c1-2-18-13(17)12-7-10(19-16-12)5-8-3-4-9(14)6-11(8)15/h3-4,6,10H,2,5,7H2,1H3. The maximum Gasteiger partial charge on any atom is 0.356 e. The number of oxime groups is 1. The van der Waals surface area contributed by atoms with Gasteiger partial charge in [-0.05, 0) is 24.6 Å². The molecule has 102 valence electrons. The zero-order valence-corrected chi connectivity index (χ0v) is 11.9. The molecular formula is C13H13Cl2NO3. The van der Waals surface area contributed by atoms with Gasteiger partial charge in [0.25, 0.3) is 0 Å². The molecule has 2 rings (SSSR count). The zero-order valence-electron chi connectivity index (χ0n) is 10.4. The first-order chi connectivity index (χ1) is 9.10. The molecule has 1 heterocycles. The number of benzene rings is 1. The smallest absolute Gasteiger partial charge is 0.356 e. The summed E-state index contributed by atoms with van der Waals surface area (Å²) in [4.78, 5) is 16.7. The van der Waals surface area contributed by atoms with E-state index in [2.05, 4.69) is 5.16 Å². The van der Waals surface area contributed by atoms with Crippen molar-refractivity contribution in [1.29, 1.82) is 0 Å². The molecule has 0 aliphatic carbocycles. The summed E-state index contributed by atoms with van der Waals surface area (Å²) in [5.74, 6) is -0.424. The third-order valence-electron chi connectivity index (χ3n) is 2.71. The van der Waals surface area contributed by atoms with E-state index in [1.165, 1.54) is 0 Å². The molecule has 1 aromatic carbocycles. The van der Waals surface area contributed by atoms with E-state index < -0.39 is 5.97 Å². The SMILES string of the molecule is CCOC(=O)C1=NOC(Cc2ccc(Cl)cc2Cl)C1. The lowest BCUT2D eigenvalue weighted by atomic mass is 10.0. The van der Waals surface area contributed by atoms with Crippen molar-refractivity contribution in [3.63, 3.8) is 0 Å². The van der Waals surface area contributed by atoms with E-state index in [9.17, 15) is 4.79 Å². The third kappa shape index (κ3) is 3.61. The molecule has 0 amide bonds. The molecule has 0 N–H and O–H groups in total. The van der Waals surface area contributed by atoms with Gasteiger partial charge in [-0.15, -0.1) is 0 Å². The van der Waals surface area contributed by atoms with Crippen LogP contribution in [0.3, 0.4) is 0 Å². The number of carbonyl (C=O) groups excluding carboxylic acids is 1. The normalized spacial score (nSPS) is 17.8. The second kappa shape index (κ2) is 6.26. The summed E-state index contributed by atoms with van der Waals surface area (Å²) >= 11 is 11.9. The first-order valence-corrected chi connectivity index (χ1v) is 6.69. The highest BCUT2D eigenvalue weighted by Gasteiger charge is 2.27. The summed E-state index contributed by atoms with van der Waals surface area (Å²) in [6, 6.07) is 5.29. The lowest BCUT2D eigenvalue weighted by Crippen LogP contribution is -2.19. The van der Waals surface area contributed by atoms with Crippen LogP contribution in [0.5, 0.6) is 0 Å². The summed E-state index contributed by atoms with van der Waals surface area (Å²) in [5, 5.41) is 4.92. The summed E-state index contributed by atoms with van der Waals surface area (Å²) < 4.78 is 4.87. The van der Waals surface area contributed by atoms with Crippen LogP contribution in [0.25, 0.3) is 0 Å². The van der Waals surface area contributed by atoms with E-state index in [1.807, 2.05) is 6.07 Å². The van der Waals surface area contributed by atoms with E-state index >= 15 is 0 Å². The van der Waals surface area contributed by atoms with Gasteiger partial charge < -0.3 is 9.57 Å². The molecule has 1 unspecified atom stereocenters. The van der Waals surface area contributed by atoms with Crippen molar-refractivity contribution < 1.29 is 14.4 Å². The van der Waals surface area contributed by atoms with Crippen molar-refractivity contribution in [2.24, 2.45) is 5.16 Å². The monoisotopic (exact) mass is 301 g/mol. The van der Waals surface area contributed by atoms with Crippen LogP contribution in [0.1, 0.15) is 18.9 Å². The molecule has 0 fully saturated rings. The molecule has 1 aliphatic rings. The maximum absolute atomic E-state index is 11.5. The van der Waals surface area contributed by atoms with Gasteiger partial charge in [0.05, 0.1) is 6.61 Å². The number of rotatable bonds is 4. The van der Waals surface area contributed by atoms with Gasteiger partial charge in [0.1, 0.15) is 6.10 Å². The number of hydrogen-bond acceptors (Lipinski definition) is 4. The van der Waals surface area contributed by atoms with Crippen LogP contribution in [-0.4, -0.2) is 24.4 Å². The van der Waals surface area contributed by atoms with Gasteiger partial charge >= 0.3 is 5.97 Å². The largest absolute Gasteiger partial charge is 0.461 e. The first kappa shape index (κ1) is 14.2. The molecule has 0 saturated heterocycles. The summed E-state index contributed by atoms with van der Waals surface area (Å²) in [7, 11) is 0. The molecule has 0 saturated carbocycles. The molecule has 19 heavy (non-hydrogen) atoms. The summed E-state index contributed by atoms with van der Waals surface area (Å²) in [5.41, 5.74) is 1.23. The van der Waals surface area contributed by atoms with Crippen molar-refractivity contribution in [2.75, 3.05) is 6.61 Å². The molecule has 4 nitrogen and oxygen atoms in total. The van der Waals surface area contributed by atoms with Gasteiger partial charge in [0.15, 0.2) is 5.71 Å². The number of halogens is 2. The summed E-state index contributed by atoms with van der Waals surface area (Å²) in [6.07, 6.45) is 0.804. The Hall–Kier alpha value is -1.26. The lowest BCUT2D eigenvalue weighted by molar-refractivity contribution is -0.135. The number of carbonyl (C=O) groups is 1. The maximum atomic E-state index is 11.5. The Kier molecular flexibility index (Phi) is 4.66. The van der Waals surface area contributed by atoms with E-state index in [-0.39, 0.29) is 6.10 Å². The minimum absolute atomic E-state index is 0.196. The van der Waals surface area contributed by atoms with Crippen LogP contribution >= 0.6 is 23.2 Å². The molecule has 0 radical (unpaired) electrons. The van der Waals surface area contributed by atoms with E-state index in [4.69, 9.17) is 32.8 Å². The molecule has 1 atom stereocenters. The average Bonchev–Trinajstić information content (AvgIpc) is 2.82. The number of nitrogens with zero attached hydrogens (tertiary/aromatic N) is 1. The van der Waals surface area contributed by atoms with Gasteiger partial charge in [-0.25, -0.2) is 4.79 Å². The Morgan fingerprint density at radius 2 is 2.32 bits per heavy atom. The van der Waals surface area contributed by atoms with E-state index in [0.717, 1.165) is 5.56 Å². The Balaban J connectivity index is 1.95. The quantitative estimate of drug-likeness (QED) is 0.802. The van der Waals surface area contributed by atoms with Crippen molar-refractivity contribution in [3.8, 4) is 0 Å². The fourth-order valence-corrected chi connectivity index (χ4v) is 2.29. The van der Waals surface area contributed by atoms with Gasteiger partial charge in [-0.2, -0.15) is 0 Å². The van der Waals surface area contributed by atoms with Crippen molar-refractivity contribution in [1.82, 2.24) is 0 Å². The molecule has 0 aromatic heterocycles. The van der Waals surface area contributed by atoms with Gasteiger partial charge in [0, 0.05) is 22.9 Å². The number of ether oxygens (including phenoxy) is 1. The molecule has 1 aromatic rings. The molecule has 1 aliphatic heterocycles. The number of esters is 1. The predicted molar refractivity (Wildman–Crippen MR) is 73.7 cm³/mol. The minimum atomic E-state index is -0.424. The Labute approximate surface area is 121 Å². The highest BCUT2D eigenvalue weighted by Crippen LogP contribution is 2.25. The zero-order chi connectivity index (χ0) is 13.8. The van der Waals surface area contributed by atoms with Gasteiger partial charge in [-0.1, -0.05) is 34.4 Å². The molecule has 0 bridgehead atoms. The first-order valence-electron chi connectivity index (χ1n) is 5.94. The van der Waals surface area contributed by atoms with Crippen LogP contribution in [0.2, 0.25) is 10.0 Å². The third-order valence-corrected chi connectivity index (χ3v) is 3.29. The average molecular weight is 302 g/mol. The fourth-order valence-electron chi connectivity index (χ4n) is 1.81. The van der Waals surface area contributed by atoms with Crippen LogP contribution in [0, 0.1) is 0 Å². The van der Waals surface area contributed by atoms with Crippen LogP contribution in [-0.2, 0) is 20.8 Å². The van der Waals surface area contributed by atoms with Crippen LogP contribution in [0.4, 0.5) is 0 Å². The highest BCUT2D eigenvalue weighted by molar-refractivity contribution is 6.37. The Morgan fingerprint density at radius 1 is 1.53 bits per heavy atom. The van der Waals surface area contributed by atoms with E-state index in [0.29, 0.717) is 35.2 Å². The van der Waals surface area contributed by atoms with E-state index in [1.54, 1.807) is 19.1 Å². The Morgan fingerprint density at radius 3 is 3.00 bits per heavy atom. The lowest BCUT2D eigenvalue weighted by Gasteiger charge is -2.09. The van der Waals surface area contributed by atoms with Gasteiger partial charge in [-0.3, -0.25) is 0 Å². The van der Waals surface area contributed by atoms with Crippen LogP contribution in [0.15, 0.2) is 23.4 Å². The van der Waals surface area contributed by atoms with Crippen molar-refractivity contribution in [3.05, 3.63) is 33.8 Å².